The van der Waals surface area contributed by atoms with Crippen molar-refractivity contribution < 1.29 is 19.5 Å². The fourth-order valence-electron chi connectivity index (χ4n) is 1.78. The highest BCUT2D eigenvalue weighted by Gasteiger charge is 2.43. The van der Waals surface area contributed by atoms with Gasteiger partial charge in [-0.1, -0.05) is 6.58 Å². The van der Waals surface area contributed by atoms with Crippen LogP contribution in [-0.2, 0) is 14.4 Å². The van der Waals surface area contributed by atoms with Crippen LogP contribution in [0.5, 0.6) is 0 Å². The molecule has 2 amide bonds. The highest BCUT2D eigenvalue weighted by Crippen LogP contribution is 2.39. The number of rotatable bonds is 4. The Morgan fingerprint density at radius 3 is 2.94 bits per heavy atom. The summed E-state index contributed by atoms with van der Waals surface area (Å²) in [6, 6.07) is 0. The number of nitrogens with zero attached hydrogens (tertiary/aromatic N) is 1. The van der Waals surface area contributed by atoms with Crippen LogP contribution in [0.25, 0.3) is 0 Å². The minimum atomic E-state index is -0.960. The van der Waals surface area contributed by atoms with E-state index < -0.39 is 11.2 Å². The van der Waals surface area contributed by atoms with Crippen LogP contribution in [0.15, 0.2) is 24.4 Å². The van der Waals surface area contributed by atoms with Crippen molar-refractivity contribution in [2.24, 2.45) is 0 Å². The number of aliphatic carboxylic acids is 1. The lowest BCUT2D eigenvalue weighted by Crippen LogP contribution is -2.52. The van der Waals surface area contributed by atoms with Crippen molar-refractivity contribution in [2.45, 2.75) is 17.0 Å². The van der Waals surface area contributed by atoms with Crippen molar-refractivity contribution in [2.75, 3.05) is 6.54 Å². The predicted molar refractivity (Wildman–Crippen MR) is 65.6 cm³/mol. The fraction of sp³-hybridized carbons (Fsp3) is 0.364. The number of carbonyl (C=O) groups is 3. The summed E-state index contributed by atoms with van der Waals surface area (Å²) in [5.74, 6) is -1.36. The largest absolute Gasteiger partial charge is 0.480 e. The number of carboxylic acid groups (broad SMARTS) is 1. The van der Waals surface area contributed by atoms with E-state index in [-0.39, 0.29) is 23.7 Å². The van der Waals surface area contributed by atoms with Gasteiger partial charge in [-0.2, -0.15) is 0 Å². The number of hydrogen-bond donors (Lipinski definition) is 2. The maximum atomic E-state index is 11.3. The predicted octanol–water partition coefficient (Wildman–Crippen LogP) is -0.0691. The van der Waals surface area contributed by atoms with Gasteiger partial charge in [-0.25, -0.2) is 0 Å². The number of amides is 2. The Kier molecular flexibility index (Phi) is 3.42. The van der Waals surface area contributed by atoms with Crippen molar-refractivity contribution in [3.63, 3.8) is 0 Å². The Hall–Kier alpha value is -1.76. The summed E-state index contributed by atoms with van der Waals surface area (Å²) in [6.07, 6.45) is 3.02. The first kappa shape index (κ1) is 12.7. The molecule has 18 heavy (non-hydrogen) atoms. The van der Waals surface area contributed by atoms with Gasteiger partial charge in [-0.15, -0.1) is 11.8 Å². The quantitative estimate of drug-likeness (QED) is 0.550. The van der Waals surface area contributed by atoms with Crippen molar-refractivity contribution in [1.29, 1.82) is 0 Å². The van der Waals surface area contributed by atoms with Gasteiger partial charge < -0.3 is 15.3 Å². The number of β-lactam (4-membered cyclic amide) rings is 1. The first-order valence-electron chi connectivity index (χ1n) is 5.33. The minimum Gasteiger partial charge on any atom is -0.480 e. The van der Waals surface area contributed by atoms with E-state index in [1.165, 1.54) is 22.9 Å². The molecule has 1 fully saturated rings. The Morgan fingerprint density at radius 2 is 2.39 bits per heavy atom. The van der Waals surface area contributed by atoms with Crippen LogP contribution >= 0.6 is 11.8 Å². The molecule has 2 atom stereocenters. The Balaban J connectivity index is 2.11. The zero-order chi connectivity index (χ0) is 13.3. The standard InChI is InChI=1S/C11H12N2O4S/c1-2-7(14)12-4-6-5-13-8(15)3-9(13)18-10(6)11(16)17/h2,5,9-10H,1,3-4H2,(H,12,14)(H,16,17)/t9-,10?/m1/s1. The zero-order valence-electron chi connectivity index (χ0n) is 9.46. The second-order valence-electron chi connectivity index (χ2n) is 3.94. The number of fused-ring (bicyclic) bond motifs is 1. The molecule has 2 aliphatic rings. The summed E-state index contributed by atoms with van der Waals surface area (Å²) in [6.45, 7) is 3.41. The highest BCUT2D eigenvalue weighted by atomic mass is 32.2. The van der Waals surface area contributed by atoms with Crippen LogP contribution in [0, 0.1) is 0 Å². The molecular formula is C11H12N2O4S. The van der Waals surface area contributed by atoms with Gasteiger partial charge >= 0.3 is 5.97 Å². The van der Waals surface area contributed by atoms with Crippen molar-refractivity contribution >= 4 is 29.5 Å². The van der Waals surface area contributed by atoms with Gasteiger partial charge in [0.05, 0.1) is 11.8 Å². The van der Waals surface area contributed by atoms with E-state index in [1.54, 1.807) is 0 Å². The summed E-state index contributed by atoms with van der Waals surface area (Å²) < 4.78 is 0. The van der Waals surface area contributed by atoms with Crippen LogP contribution in [0.3, 0.4) is 0 Å². The Morgan fingerprint density at radius 1 is 1.67 bits per heavy atom. The third-order valence-corrected chi connectivity index (χ3v) is 4.24. The van der Waals surface area contributed by atoms with Crippen molar-refractivity contribution in [3.8, 4) is 0 Å². The van der Waals surface area contributed by atoms with E-state index in [2.05, 4.69) is 11.9 Å². The highest BCUT2D eigenvalue weighted by molar-refractivity contribution is 8.01. The van der Waals surface area contributed by atoms with Crippen LogP contribution in [-0.4, -0.2) is 45.0 Å². The zero-order valence-corrected chi connectivity index (χ0v) is 10.3. The molecule has 2 rings (SSSR count). The SMILES string of the molecule is C=CC(=O)NCC1=CN2C(=O)C[C@H]2SC1C(=O)O. The summed E-state index contributed by atoms with van der Waals surface area (Å²) in [5.41, 5.74) is 0.506. The molecule has 7 heteroatoms. The lowest BCUT2D eigenvalue weighted by atomic mass is 10.1. The van der Waals surface area contributed by atoms with E-state index >= 15 is 0 Å². The third-order valence-electron chi connectivity index (χ3n) is 2.76. The molecule has 0 radical (unpaired) electrons. The number of hydrogen-bond acceptors (Lipinski definition) is 4. The van der Waals surface area contributed by atoms with Crippen molar-refractivity contribution in [1.82, 2.24) is 10.2 Å². The second kappa shape index (κ2) is 4.85. The van der Waals surface area contributed by atoms with Gasteiger partial charge in [0.2, 0.25) is 11.8 Å². The van der Waals surface area contributed by atoms with Gasteiger partial charge in [-0.3, -0.25) is 14.4 Å². The van der Waals surface area contributed by atoms with Crippen LogP contribution < -0.4 is 5.32 Å². The molecule has 2 N–H and O–H groups in total. The lowest BCUT2D eigenvalue weighted by molar-refractivity contribution is -0.139. The summed E-state index contributed by atoms with van der Waals surface area (Å²) >= 11 is 1.22. The van der Waals surface area contributed by atoms with Gasteiger partial charge in [0.1, 0.15) is 5.25 Å². The molecule has 0 bridgehead atoms. The van der Waals surface area contributed by atoms with E-state index in [0.29, 0.717) is 12.0 Å². The van der Waals surface area contributed by atoms with E-state index in [4.69, 9.17) is 5.11 Å². The number of nitrogens with one attached hydrogen (secondary N) is 1. The molecule has 0 aromatic heterocycles. The molecule has 96 valence electrons. The maximum absolute atomic E-state index is 11.3. The molecular weight excluding hydrogens is 256 g/mol. The van der Waals surface area contributed by atoms with Gasteiger partial charge in [0.15, 0.2) is 0 Å². The second-order valence-corrected chi connectivity index (χ2v) is 5.23. The summed E-state index contributed by atoms with van der Waals surface area (Å²) in [7, 11) is 0. The summed E-state index contributed by atoms with van der Waals surface area (Å²) in [4.78, 5) is 35.0. The maximum Gasteiger partial charge on any atom is 0.321 e. The normalized spacial score (nSPS) is 25.7. The minimum absolute atomic E-state index is 0.0242. The van der Waals surface area contributed by atoms with Gasteiger partial charge in [0.25, 0.3) is 0 Å². The molecule has 2 aliphatic heterocycles. The van der Waals surface area contributed by atoms with Gasteiger partial charge in [-0.05, 0) is 11.6 Å². The molecule has 0 aromatic rings. The molecule has 0 aliphatic carbocycles. The fourth-order valence-corrected chi connectivity index (χ4v) is 3.08. The average Bonchev–Trinajstić information content (AvgIpc) is 2.34. The van der Waals surface area contributed by atoms with E-state index in [1.807, 2.05) is 0 Å². The van der Waals surface area contributed by atoms with Crippen LogP contribution in [0.2, 0.25) is 0 Å². The first-order valence-corrected chi connectivity index (χ1v) is 6.27. The topological polar surface area (TPSA) is 86.7 Å². The smallest absolute Gasteiger partial charge is 0.321 e. The Bertz CT molecular complexity index is 460. The average molecular weight is 268 g/mol. The van der Waals surface area contributed by atoms with Crippen molar-refractivity contribution in [3.05, 3.63) is 24.4 Å². The molecule has 1 unspecified atom stereocenters. The molecule has 6 nitrogen and oxygen atoms in total. The molecule has 1 saturated heterocycles. The number of thioether (sulfide) groups is 1. The molecule has 0 spiro atoms. The Labute approximate surface area is 108 Å². The summed E-state index contributed by atoms with van der Waals surface area (Å²) in [5, 5.41) is 10.8. The molecule has 2 heterocycles. The van der Waals surface area contributed by atoms with Gasteiger partial charge in [0, 0.05) is 12.7 Å². The van der Waals surface area contributed by atoms with E-state index in [9.17, 15) is 14.4 Å². The number of carboxylic acids is 1. The molecule has 0 aromatic carbocycles. The first-order chi connectivity index (χ1) is 8.52. The monoisotopic (exact) mass is 268 g/mol. The number of carbonyl (C=O) groups excluding carboxylic acids is 2. The molecule has 0 saturated carbocycles. The van der Waals surface area contributed by atoms with Crippen LogP contribution in [0.4, 0.5) is 0 Å². The lowest BCUT2D eigenvalue weighted by Gasteiger charge is -2.43. The van der Waals surface area contributed by atoms with E-state index in [0.717, 1.165) is 6.08 Å². The van der Waals surface area contributed by atoms with Crippen LogP contribution in [0.1, 0.15) is 6.42 Å². The third kappa shape index (κ3) is 2.26.